The zero-order chi connectivity index (χ0) is 33.8. The fraction of sp³-hybridized carbons (Fsp3) is 0.375. The molecule has 0 saturated carbocycles. The first-order valence-corrected chi connectivity index (χ1v) is 19.9. The SMILES string of the molecule is CC(C)Cc1cccc(C(C)C)c1N=C(c1cccc(C(=Nc2c(C(C)C)cccc2C(C)CC2C[I-]2)n2ccnc2)n1)n1ccnc1. The molecule has 2 aromatic carbocycles. The summed E-state index contributed by atoms with van der Waals surface area (Å²) in [5, 5.41) is 0. The smallest absolute Gasteiger partial charge is 0.245 e. The van der Waals surface area contributed by atoms with Crippen LogP contribution in [0.4, 0.5) is 11.4 Å². The minimum atomic E-state index is 0.318. The maximum atomic E-state index is 5.50. The van der Waals surface area contributed by atoms with E-state index < -0.39 is 0 Å². The van der Waals surface area contributed by atoms with Crippen LogP contribution < -0.4 is 21.2 Å². The van der Waals surface area contributed by atoms with Crippen LogP contribution in [-0.4, -0.2) is 44.1 Å². The zero-order valence-electron chi connectivity index (χ0n) is 29.2. The molecule has 2 atom stereocenters. The molecule has 1 fully saturated rings. The number of pyridine rings is 1. The Labute approximate surface area is 296 Å². The molecular formula is C40H47IN7-. The van der Waals surface area contributed by atoms with Gasteiger partial charge in [0.2, 0.25) is 0 Å². The minimum Gasteiger partial charge on any atom is -0.245 e. The van der Waals surface area contributed by atoms with Crippen molar-refractivity contribution in [1.82, 2.24) is 24.1 Å². The number of rotatable bonds is 11. The Hall–Kier alpha value is -3.92. The average molecular weight is 753 g/mol. The van der Waals surface area contributed by atoms with Crippen molar-refractivity contribution in [2.24, 2.45) is 15.9 Å². The number of hydrogen-bond donors (Lipinski definition) is 0. The molecular weight excluding hydrogens is 705 g/mol. The molecule has 0 N–H and O–H groups in total. The Morgan fingerprint density at radius 2 is 1.25 bits per heavy atom. The predicted octanol–water partition coefficient (Wildman–Crippen LogP) is 6.14. The number of nitrogens with zero attached hydrogens (tertiary/aromatic N) is 7. The van der Waals surface area contributed by atoms with Gasteiger partial charge in [-0.3, -0.25) is 0 Å². The quantitative estimate of drug-likeness (QED) is 0.0705. The maximum absolute atomic E-state index is 5.50. The Kier molecular flexibility index (Phi) is 10.7. The van der Waals surface area contributed by atoms with Crippen molar-refractivity contribution in [1.29, 1.82) is 0 Å². The van der Waals surface area contributed by atoms with Gasteiger partial charge in [-0.15, -0.1) is 0 Å². The fourth-order valence-corrected chi connectivity index (χ4v) is 8.09. The number of hydrogen-bond acceptors (Lipinski definition) is 5. The summed E-state index contributed by atoms with van der Waals surface area (Å²) in [7, 11) is 0. The Morgan fingerprint density at radius 1 is 0.729 bits per heavy atom. The van der Waals surface area contributed by atoms with Crippen LogP contribution in [0.3, 0.4) is 0 Å². The fourth-order valence-electron chi connectivity index (χ4n) is 6.25. The van der Waals surface area contributed by atoms with E-state index in [1.807, 2.05) is 40.0 Å². The predicted molar refractivity (Wildman–Crippen MR) is 193 cm³/mol. The number of aromatic nitrogens is 5. The van der Waals surface area contributed by atoms with Gasteiger partial charge in [0.1, 0.15) is 6.33 Å². The van der Waals surface area contributed by atoms with E-state index in [1.165, 1.54) is 33.1 Å². The molecule has 0 aliphatic carbocycles. The van der Waals surface area contributed by atoms with E-state index in [9.17, 15) is 0 Å². The van der Waals surface area contributed by atoms with Crippen LogP contribution in [0.5, 0.6) is 0 Å². The van der Waals surface area contributed by atoms with Crippen molar-refractivity contribution in [3.05, 3.63) is 126 Å². The topological polar surface area (TPSA) is 73.2 Å². The second-order valence-electron chi connectivity index (χ2n) is 13.8. The molecule has 3 aromatic heterocycles. The Bertz CT molecular complexity index is 1880. The molecule has 7 nitrogen and oxygen atoms in total. The van der Waals surface area contributed by atoms with E-state index in [0.717, 1.165) is 44.8 Å². The molecule has 8 heteroatoms. The van der Waals surface area contributed by atoms with E-state index in [0.29, 0.717) is 44.9 Å². The molecule has 5 aromatic rings. The van der Waals surface area contributed by atoms with E-state index in [2.05, 4.69) is 101 Å². The molecule has 1 aliphatic rings. The van der Waals surface area contributed by atoms with Gasteiger partial charge in [0.15, 0.2) is 0 Å². The summed E-state index contributed by atoms with van der Waals surface area (Å²) in [5.74, 6) is 3.05. The third-order valence-electron chi connectivity index (χ3n) is 8.77. The van der Waals surface area contributed by atoms with Crippen molar-refractivity contribution >= 4 is 23.0 Å². The summed E-state index contributed by atoms with van der Waals surface area (Å²) in [6, 6.07) is 19.4. The molecule has 2 unspecified atom stereocenters. The van der Waals surface area contributed by atoms with Crippen molar-refractivity contribution in [2.45, 2.75) is 83.0 Å². The summed E-state index contributed by atoms with van der Waals surface area (Å²) in [6.07, 6.45) is 13.3. The van der Waals surface area contributed by atoms with Crippen LogP contribution in [0.1, 0.15) is 106 Å². The van der Waals surface area contributed by atoms with E-state index in [-0.39, 0.29) is 0 Å². The van der Waals surface area contributed by atoms with Crippen LogP contribution in [0.2, 0.25) is 0 Å². The van der Waals surface area contributed by atoms with Crippen LogP contribution in [0.25, 0.3) is 0 Å². The van der Waals surface area contributed by atoms with E-state index in [1.54, 1.807) is 18.7 Å². The molecule has 0 amide bonds. The van der Waals surface area contributed by atoms with E-state index in [4.69, 9.17) is 15.0 Å². The monoisotopic (exact) mass is 752 g/mol. The standard InChI is InChI=1S/C40H47IN7/c1-26(2)21-30-11-8-12-32(27(3)4)37(30)45-39(47-19-17-42-24-47)35-15-10-16-36(44-35)40(48-20-18-43-25-48)46-38-33(28(5)6)13-9-14-34(38)29(7)22-31-23-41-31/h8-20,24-29,31H,21-23H2,1-7H3/q-1. The number of benzene rings is 2. The number of halogens is 1. The molecule has 250 valence electrons. The Morgan fingerprint density at radius 3 is 1.77 bits per heavy atom. The molecule has 48 heavy (non-hydrogen) atoms. The van der Waals surface area contributed by atoms with E-state index >= 15 is 0 Å². The van der Waals surface area contributed by atoms with Gasteiger partial charge in [0.05, 0.1) is 5.69 Å². The van der Waals surface area contributed by atoms with Crippen LogP contribution >= 0.6 is 0 Å². The molecule has 6 rings (SSSR count). The van der Waals surface area contributed by atoms with Crippen LogP contribution in [0, 0.1) is 5.92 Å². The van der Waals surface area contributed by atoms with Crippen LogP contribution in [-0.2, 0) is 6.42 Å². The molecule has 0 spiro atoms. The van der Waals surface area contributed by atoms with Crippen molar-refractivity contribution < 1.29 is 21.2 Å². The number of aliphatic imine (C=N–C) groups is 2. The summed E-state index contributed by atoms with van der Waals surface area (Å²) < 4.78 is 6.33. The van der Waals surface area contributed by atoms with Gasteiger partial charge >= 0.3 is 193 Å². The average Bonchev–Trinajstić information content (AvgIpc) is 3.46. The first kappa shape index (κ1) is 34.0. The molecule has 1 aliphatic heterocycles. The second-order valence-corrected chi connectivity index (χ2v) is 17.3. The summed E-state index contributed by atoms with van der Waals surface area (Å²) >= 11 is 0.399. The normalized spacial score (nSPS) is 16.1. The zero-order valence-corrected chi connectivity index (χ0v) is 31.3. The summed E-state index contributed by atoms with van der Waals surface area (Å²) in [4.78, 5) is 25.0. The minimum absolute atomic E-state index is 0.318. The van der Waals surface area contributed by atoms with Crippen LogP contribution in [0.15, 0.2) is 102 Å². The van der Waals surface area contributed by atoms with Gasteiger partial charge < -0.3 is 0 Å². The first-order chi connectivity index (χ1) is 23.2. The van der Waals surface area contributed by atoms with Gasteiger partial charge in [-0.2, -0.15) is 0 Å². The first-order valence-electron chi connectivity index (χ1n) is 17.1. The van der Waals surface area contributed by atoms with Gasteiger partial charge in [-0.05, 0) is 29.4 Å². The number of alkyl halides is 2. The summed E-state index contributed by atoms with van der Waals surface area (Å²) in [6.45, 7) is 15.8. The molecule has 4 heterocycles. The third-order valence-corrected chi connectivity index (χ3v) is 11.4. The number of imidazole rings is 2. The van der Waals surface area contributed by atoms with Gasteiger partial charge in [0, 0.05) is 12.4 Å². The molecule has 0 bridgehead atoms. The Balaban J connectivity index is 1.53. The van der Waals surface area contributed by atoms with Gasteiger partial charge in [0.25, 0.3) is 0 Å². The third kappa shape index (κ3) is 7.86. The molecule has 1 saturated heterocycles. The second kappa shape index (κ2) is 15.1. The van der Waals surface area contributed by atoms with Gasteiger partial charge in [-0.25, -0.2) is 4.98 Å². The van der Waals surface area contributed by atoms with Crippen molar-refractivity contribution in [3.63, 3.8) is 0 Å². The van der Waals surface area contributed by atoms with Crippen molar-refractivity contribution in [2.75, 3.05) is 4.43 Å². The number of para-hydroxylation sites is 2. The van der Waals surface area contributed by atoms with Crippen molar-refractivity contribution in [3.8, 4) is 0 Å². The van der Waals surface area contributed by atoms with Gasteiger partial charge in [-0.1, -0.05) is 45.9 Å². The summed E-state index contributed by atoms with van der Waals surface area (Å²) in [5.41, 5.74) is 8.61. The molecule has 0 radical (unpaired) electrons.